The number of aryl methyl sites for hydroxylation is 2. The van der Waals surface area contributed by atoms with Crippen LogP contribution in [-0.2, 0) is 9.53 Å². The number of anilines is 1. The van der Waals surface area contributed by atoms with Gasteiger partial charge in [-0.15, -0.1) is 0 Å². The van der Waals surface area contributed by atoms with Crippen LogP contribution in [0.1, 0.15) is 28.4 Å². The Balaban J connectivity index is 2.52. The Hall–Kier alpha value is -3.10. The molecule has 0 fully saturated rings. The van der Waals surface area contributed by atoms with Crippen LogP contribution in [-0.4, -0.2) is 35.3 Å². The molecule has 1 aromatic carbocycles. The first kappa shape index (κ1) is 21.2. The third-order valence-electron chi connectivity index (χ3n) is 3.82. The topological polar surface area (TPSA) is 80.3 Å². The maximum atomic E-state index is 14.1. The Morgan fingerprint density at radius 3 is 2.36 bits per heavy atom. The molecule has 0 bridgehead atoms. The zero-order chi connectivity index (χ0) is 20.9. The van der Waals surface area contributed by atoms with Gasteiger partial charge in [-0.25, -0.2) is 9.78 Å². The number of halogens is 3. The van der Waals surface area contributed by atoms with Gasteiger partial charge in [0, 0.05) is 11.8 Å². The van der Waals surface area contributed by atoms with Gasteiger partial charge in [-0.2, -0.15) is 13.2 Å². The number of benzene rings is 1. The first-order valence-corrected chi connectivity index (χ1v) is 8.43. The Morgan fingerprint density at radius 1 is 1.11 bits per heavy atom. The van der Waals surface area contributed by atoms with Gasteiger partial charge in [0.1, 0.15) is 5.82 Å². The summed E-state index contributed by atoms with van der Waals surface area (Å²) in [6, 6.07) is 8.87. The minimum atomic E-state index is -5.22. The van der Waals surface area contributed by atoms with Gasteiger partial charge in [0.2, 0.25) is 0 Å². The minimum absolute atomic E-state index is 0.0306. The van der Waals surface area contributed by atoms with E-state index >= 15 is 0 Å². The van der Waals surface area contributed by atoms with Crippen LogP contribution < -0.4 is 10.6 Å². The second kappa shape index (κ2) is 8.28. The summed E-state index contributed by atoms with van der Waals surface area (Å²) in [6.07, 6.45) is -3.93. The lowest BCUT2D eigenvalue weighted by molar-refractivity contribution is -0.204. The summed E-state index contributed by atoms with van der Waals surface area (Å²) < 4.78 is 46.9. The standard InChI is InChI=1S/C19H20F3N3O3/c1-4-28-17(27)18(19(20,21)22,24-15-11-13(3)8-9-23-15)25-16(26)14-7-5-6-12(2)10-14/h5-11H,4H2,1-3H3,(H,23,24)(H,25,26). The van der Waals surface area contributed by atoms with E-state index in [2.05, 4.69) is 9.72 Å². The number of nitrogens with one attached hydrogen (secondary N) is 2. The average Bonchev–Trinajstić information content (AvgIpc) is 2.60. The van der Waals surface area contributed by atoms with E-state index in [1.54, 1.807) is 31.3 Å². The van der Waals surface area contributed by atoms with Crippen LogP contribution in [0.3, 0.4) is 0 Å². The van der Waals surface area contributed by atoms with Crippen molar-refractivity contribution < 1.29 is 27.5 Å². The molecule has 0 aliphatic rings. The number of carbonyl (C=O) groups excluding carboxylic acids is 2. The summed E-state index contributed by atoms with van der Waals surface area (Å²) in [5.74, 6) is -3.02. The van der Waals surface area contributed by atoms with Crippen molar-refractivity contribution in [3.63, 3.8) is 0 Å². The van der Waals surface area contributed by atoms with Crippen molar-refractivity contribution in [2.24, 2.45) is 0 Å². The molecule has 150 valence electrons. The summed E-state index contributed by atoms with van der Waals surface area (Å²) in [6.45, 7) is 4.40. The fraction of sp³-hybridized carbons (Fsp3) is 0.316. The molecule has 9 heteroatoms. The van der Waals surface area contributed by atoms with Gasteiger partial charge >= 0.3 is 17.8 Å². The predicted octanol–water partition coefficient (Wildman–Crippen LogP) is 3.36. The third-order valence-corrected chi connectivity index (χ3v) is 3.82. The number of hydrogen-bond donors (Lipinski definition) is 2. The molecule has 1 atom stereocenters. The quantitative estimate of drug-likeness (QED) is 0.579. The van der Waals surface area contributed by atoms with E-state index in [1.165, 1.54) is 37.4 Å². The van der Waals surface area contributed by atoms with Gasteiger partial charge < -0.3 is 15.4 Å². The van der Waals surface area contributed by atoms with E-state index in [9.17, 15) is 22.8 Å². The number of pyridine rings is 1. The van der Waals surface area contributed by atoms with Crippen LogP contribution in [0.4, 0.5) is 19.0 Å². The van der Waals surface area contributed by atoms with Crippen molar-refractivity contribution in [2.45, 2.75) is 32.6 Å². The van der Waals surface area contributed by atoms with Gasteiger partial charge in [-0.05, 0) is 50.6 Å². The lowest BCUT2D eigenvalue weighted by atomic mass is 10.1. The highest BCUT2D eigenvalue weighted by Gasteiger charge is 2.64. The number of rotatable bonds is 6. The molecule has 2 rings (SSSR count). The Bertz CT molecular complexity index is 871. The zero-order valence-corrected chi connectivity index (χ0v) is 15.6. The number of nitrogens with zero attached hydrogens (tertiary/aromatic N) is 1. The molecule has 1 heterocycles. The van der Waals surface area contributed by atoms with Gasteiger partial charge in [0.25, 0.3) is 5.91 Å². The molecule has 0 radical (unpaired) electrons. The molecule has 28 heavy (non-hydrogen) atoms. The summed E-state index contributed by atoms with van der Waals surface area (Å²) in [5, 5.41) is 3.81. The summed E-state index contributed by atoms with van der Waals surface area (Å²) >= 11 is 0. The highest BCUT2D eigenvalue weighted by Crippen LogP contribution is 2.33. The molecule has 0 spiro atoms. The van der Waals surface area contributed by atoms with E-state index in [0.717, 1.165) is 0 Å². The number of amides is 1. The van der Waals surface area contributed by atoms with Crippen LogP contribution in [0.15, 0.2) is 42.6 Å². The van der Waals surface area contributed by atoms with Crippen molar-refractivity contribution in [1.82, 2.24) is 10.3 Å². The molecule has 6 nitrogen and oxygen atoms in total. The first-order chi connectivity index (χ1) is 13.1. The van der Waals surface area contributed by atoms with Crippen molar-refractivity contribution in [3.8, 4) is 0 Å². The number of ether oxygens (including phenoxy) is 1. The molecule has 0 saturated carbocycles. The molecule has 1 aromatic heterocycles. The molecule has 1 unspecified atom stereocenters. The van der Waals surface area contributed by atoms with Crippen LogP contribution in [0.2, 0.25) is 0 Å². The molecule has 2 aromatic rings. The van der Waals surface area contributed by atoms with Crippen molar-refractivity contribution in [3.05, 3.63) is 59.3 Å². The second-order valence-electron chi connectivity index (χ2n) is 6.14. The second-order valence-corrected chi connectivity index (χ2v) is 6.14. The maximum Gasteiger partial charge on any atom is 0.441 e. The molecule has 1 amide bonds. The van der Waals surface area contributed by atoms with Crippen molar-refractivity contribution in [2.75, 3.05) is 11.9 Å². The molecular formula is C19H20F3N3O3. The largest absolute Gasteiger partial charge is 0.463 e. The molecule has 2 N–H and O–H groups in total. The van der Waals surface area contributed by atoms with Crippen LogP contribution >= 0.6 is 0 Å². The zero-order valence-electron chi connectivity index (χ0n) is 15.6. The van der Waals surface area contributed by atoms with E-state index in [4.69, 9.17) is 0 Å². The highest BCUT2D eigenvalue weighted by atomic mass is 19.4. The maximum absolute atomic E-state index is 14.1. The Kier molecular flexibility index (Phi) is 6.27. The van der Waals surface area contributed by atoms with Gasteiger partial charge in [-0.3, -0.25) is 4.79 Å². The fourth-order valence-corrected chi connectivity index (χ4v) is 2.46. The van der Waals surface area contributed by atoms with E-state index in [1.807, 2.05) is 5.32 Å². The molecular weight excluding hydrogens is 375 g/mol. The number of esters is 1. The fourth-order valence-electron chi connectivity index (χ4n) is 2.46. The van der Waals surface area contributed by atoms with Gasteiger partial charge in [0.15, 0.2) is 0 Å². The van der Waals surface area contributed by atoms with Crippen molar-refractivity contribution in [1.29, 1.82) is 0 Å². The first-order valence-electron chi connectivity index (χ1n) is 8.43. The smallest absolute Gasteiger partial charge is 0.441 e. The Morgan fingerprint density at radius 2 is 1.79 bits per heavy atom. The van der Waals surface area contributed by atoms with E-state index in [0.29, 0.717) is 11.1 Å². The Labute approximate surface area is 160 Å². The predicted molar refractivity (Wildman–Crippen MR) is 96.7 cm³/mol. The summed E-state index contributed by atoms with van der Waals surface area (Å²) in [5.41, 5.74) is -2.25. The van der Waals surface area contributed by atoms with Crippen LogP contribution in [0.25, 0.3) is 0 Å². The molecule has 0 aliphatic carbocycles. The summed E-state index contributed by atoms with van der Waals surface area (Å²) in [4.78, 5) is 28.7. The SMILES string of the molecule is CCOC(=O)C(NC(=O)c1cccc(C)c1)(Nc1cc(C)ccn1)C(F)(F)F. The van der Waals surface area contributed by atoms with E-state index in [-0.39, 0.29) is 18.0 Å². The minimum Gasteiger partial charge on any atom is -0.463 e. The number of aromatic nitrogens is 1. The van der Waals surface area contributed by atoms with Crippen LogP contribution in [0.5, 0.6) is 0 Å². The lowest BCUT2D eigenvalue weighted by Gasteiger charge is -2.35. The van der Waals surface area contributed by atoms with Crippen molar-refractivity contribution >= 4 is 17.7 Å². The number of hydrogen-bond acceptors (Lipinski definition) is 5. The third kappa shape index (κ3) is 4.59. The average molecular weight is 395 g/mol. The van der Waals surface area contributed by atoms with Gasteiger partial charge in [-0.1, -0.05) is 17.7 Å². The normalized spacial score (nSPS) is 13.4. The lowest BCUT2D eigenvalue weighted by Crippen LogP contribution is -2.69. The number of carbonyl (C=O) groups is 2. The number of alkyl halides is 3. The van der Waals surface area contributed by atoms with E-state index < -0.39 is 23.7 Å². The summed E-state index contributed by atoms with van der Waals surface area (Å²) in [7, 11) is 0. The monoisotopic (exact) mass is 395 g/mol. The van der Waals surface area contributed by atoms with Crippen LogP contribution in [0, 0.1) is 13.8 Å². The molecule has 0 aliphatic heterocycles. The molecule has 0 saturated heterocycles. The van der Waals surface area contributed by atoms with Gasteiger partial charge in [0.05, 0.1) is 6.61 Å². The highest BCUT2D eigenvalue weighted by molar-refractivity contribution is 5.99.